The first kappa shape index (κ1) is 24.5. The molecular formula is C27H47NO4. The van der Waals surface area contributed by atoms with E-state index in [1.165, 1.54) is 0 Å². The third kappa shape index (κ3) is 3.94. The molecule has 4 N–H and O–H groups in total. The minimum Gasteiger partial charge on any atom is -0.393 e. The highest BCUT2D eigenvalue weighted by molar-refractivity contribution is 5.75. The molecule has 0 radical (unpaired) electrons. The Morgan fingerprint density at radius 1 is 1.06 bits per heavy atom. The van der Waals surface area contributed by atoms with Gasteiger partial charge in [0.15, 0.2) is 0 Å². The number of nitrogens with one attached hydrogen (secondary N) is 1. The van der Waals surface area contributed by atoms with Crippen molar-refractivity contribution in [3.8, 4) is 0 Å². The zero-order valence-corrected chi connectivity index (χ0v) is 20.7. The van der Waals surface area contributed by atoms with Crippen molar-refractivity contribution < 1.29 is 20.1 Å². The molecule has 32 heavy (non-hydrogen) atoms. The van der Waals surface area contributed by atoms with Crippen LogP contribution in [0.3, 0.4) is 0 Å². The van der Waals surface area contributed by atoms with Crippen molar-refractivity contribution in [2.45, 2.75) is 110 Å². The molecule has 0 aromatic heterocycles. The van der Waals surface area contributed by atoms with Crippen molar-refractivity contribution in [3.05, 3.63) is 0 Å². The Labute approximate surface area is 194 Å². The summed E-state index contributed by atoms with van der Waals surface area (Å²) in [6.45, 7) is 9.74. The summed E-state index contributed by atoms with van der Waals surface area (Å²) in [6, 6.07) is 0. The second-order valence-electron chi connectivity index (χ2n) is 12.4. The van der Waals surface area contributed by atoms with Gasteiger partial charge in [-0.3, -0.25) is 4.79 Å². The molecule has 0 aliphatic heterocycles. The van der Waals surface area contributed by atoms with E-state index in [4.69, 9.17) is 0 Å². The van der Waals surface area contributed by atoms with E-state index in [0.29, 0.717) is 36.0 Å². The molecule has 0 saturated heterocycles. The molecule has 4 rings (SSSR count). The van der Waals surface area contributed by atoms with E-state index in [9.17, 15) is 20.1 Å². The highest BCUT2D eigenvalue weighted by atomic mass is 16.3. The maximum atomic E-state index is 12.2. The number of aliphatic hydroxyl groups excluding tert-OH is 3. The smallest absolute Gasteiger partial charge is 0.220 e. The minimum atomic E-state index is -0.354. The van der Waals surface area contributed by atoms with E-state index in [-0.39, 0.29) is 41.0 Å². The average molecular weight is 450 g/mol. The van der Waals surface area contributed by atoms with Crippen molar-refractivity contribution in [3.63, 3.8) is 0 Å². The summed E-state index contributed by atoms with van der Waals surface area (Å²) in [5.74, 6) is 2.22. The van der Waals surface area contributed by atoms with Crippen LogP contribution >= 0.6 is 0 Å². The van der Waals surface area contributed by atoms with Crippen molar-refractivity contribution in [2.24, 2.45) is 46.3 Å². The molecule has 0 bridgehead atoms. The molecule has 5 heteroatoms. The van der Waals surface area contributed by atoms with Gasteiger partial charge in [-0.15, -0.1) is 0 Å². The van der Waals surface area contributed by atoms with Gasteiger partial charge in [-0.25, -0.2) is 0 Å². The lowest BCUT2D eigenvalue weighted by Gasteiger charge is -2.63. The molecule has 11 atom stereocenters. The molecule has 5 nitrogen and oxygen atoms in total. The zero-order chi connectivity index (χ0) is 23.3. The molecule has 8 unspecified atom stereocenters. The standard InChI is InChI=1S/C27H47NO4/c1-5-12-28-24(32)9-6-16(2)19-7-8-20-25-21(15-23(31)27(19,20)4)26(3)11-10-18(29)13-17(26)14-22(25)30/h16-23,25,29-31H,5-15H2,1-4H3,(H,28,32)/t16-,17?,18?,19?,20?,21?,22?,23?,25?,26+,27-/m1/s1. The molecular weight excluding hydrogens is 402 g/mol. The maximum absolute atomic E-state index is 12.2. The van der Waals surface area contributed by atoms with Gasteiger partial charge in [0.2, 0.25) is 5.91 Å². The molecule has 0 spiro atoms. The van der Waals surface area contributed by atoms with Crippen LogP contribution in [-0.2, 0) is 4.79 Å². The molecule has 0 aromatic rings. The predicted octanol–water partition coefficient (Wildman–Crippen LogP) is 3.89. The van der Waals surface area contributed by atoms with Crippen LogP contribution in [0, 0.1) is 46.3 Å². The van der Waals surface area contributed by atoms with E-state index in [1.807, 2.05) is 0 Å². The molecule has 184 valence electrons. The van der Waals surface area contributed by atoms with E-state index in [1.54, 1.807) is 0 Å². The second kappa shape index (κ2) is 9.19. The molecule has 4 saturated carbocycles. The lowest BCUT2D eigenvalue weighted by Crippen LogP contribution is -2.62. The lowest BCUT2D eigenvalue weighted by atomic mass is 9.43. The van der Waals surface area contributed by atoms with Gasteiger partial charge in [-0.05, 0) is 104 Å². The normalized spacial score (nSPS) is 49.0. The third-order valence-electron chi connectivity index (χ3n) is 10.9. The maximum Gasteiger partial charge on any atom is 0.220 e. The number of hydrogen-bond donors (Lipinski definition) is 4. The number of rotatable bonds is 6. The first-order valence-electron chi connectivity index (χ1n) is 13.4. The van der Waals surface area contributed by atoms with Crippen LogP contribution in [0.1, 0.15) is 91.9 Å². The Morgan fingerprint density at radius 2 is 1.81 bits per heavy atom. The molecule has 1 amide bonds. The van der Waals surface area contributed by atoms with Gasteiger partial charge >= 0.3 is 0 Å². The first-order chi connectivity index (χ1) is 15.1. The van der Waals surface area contributed by atoms with E-state index in [2.05, 4.69) is 33.0 Å². The predicted molar refractivity (Wildman–Crippen MR) is 126 cm³/mol. The van der Waals surface area contributed by atoms with Crippen LogP contribution in [0.2, 0.25) is 0 Å². The fourth-order valence-electron chi connectivity index (χ4n) is 9.04. The summed E-state index contributed by atoms with van der Waals surface area (Å²) in [7, 11) is 0. The Morgan fingerprint density at radius 3 is 2.53 bits per heavy atom. The Bertz CT molecular complexity index is 685. The quantitative estimate of drug-likeness (QED) is 0.495. The van der Waals surface area contributed by atoms with Crippen LogP contribution in [0.15, 0.2) is 0 Å². The monoisotopic (exact) mass is 449 g/mol. The third-order valence-corrected chi connectivity index (χ3v) is 10.9. The SMILES string of the molecule is CCCNC(=O)CC[C@@H](C)C1CCC2C3C(O)CC4CC(O)CC[C@]4(C)C3CC(O)[C@@]21C. The van der Waals surface area contributed by atoms with E-state index < -0.39 is 0 Å². The Hall–Kier alpha value is -0.650. The van der Waals surface area contributed by atoms with Crippen LogP contribution in [0.4, 0.5) is 0 Å². The first-order valence-corrected chi connectivity index (χ1v) is 13.4. The van der Waals surface area contributed by atoms with Crippen LogP contribution in [0.25, 0.3) is 0 Å². The largest absolute Gasteiger partial charge is 0.393 e. The topological polar surface area (TPSA) is 89.8 Å². The summed E-state index contributed by atoms with van der Waals surface area (Å²) in [5, 5.41) is 36.2. The number of hydrogen-bond acceptors (Lipinski definition) is 4. The molecule has 4 fully saturated rings. The highest BCUT2D eigenvalue weighted by Gasteiger charge is 2.65. The Balaban J connectivity index is 1.51. The average Bonchev–Trinajstić information content (AvgIpc) is 3.11. The van der Waals surface area contributed by atoms with Crippen molar-refractivity contribution >= 4 is 5.91 Å². The van der Waals surface area contributed by atoms with Crippen LogP contribution < -0.4 is 5.32 Å². The molecule has 0 heterocycles. The van der Waals surface area contributed by atoms with Crippen molar-refractivity contribution in [2.75, 3.05) is 6.54 Å². The van der Waals surface area contributed by atoms with Crippen LogP contribution in [0.5, 0.6) is 0 Å². The lowest BCUT2D eigenvalue weighted by molar-refractivity contribution is -0.207. The summed E-state index contributed by atoms with van der Waals surface area (Å²) in [4.78, 5) is 12.2. The number of carbonyl (C=O) groups is 1. The van der Waals surface area contributed by atoms with Crippen molar-refractivity contribution in [1.29, 1.82) is 0 Å². The summed E-state index contributed by atoms with van der Waals surface area (Å²) < 4.78 is 0. The second-order valence-corrected chi connectivity index (χ2v) is 12.4. The fourth-order valence-corrected chi connectivity index (χ4v) is 9.04. The molecule has 0 aromatic carbocycles. The van der Waals surface area contributed by atoms with Gasteiger partial charge in [0.05, 0.1) is 18.3 Å². The van der Waals surface area contributed by atoms with Gasteiger partial charge in [0.1, 0.15) is 0 Å². The van der Waals surface area contributed by atoms with E-state index >= 15 is 0 Å². The highest BCUT2D eigenvalue weighted by Crippen LogP contribution is 2.68. The van der Waals surface area contributed by atoms with Gasteiger partial charge in [-0.1, -0.05) is 27.7 Å². The molecule has 4 aliphatic rings. The van der Waals surface area contributed by atoms with E-state index in [0.717, 1.165) is 64.3 Å². The Kier molecular flexibility index (Phi) is 7.03. The molecule has 4 aliphatic carbocycles. The summed E-state index contributed by atoms with van der Waals surface area (Å²) in [5.41, 5.74) is -0.0641. The van der Waals surface area contributed by atoms with Crippen molar-refractivity contribution in [1.82, 2.24) is 5.32 Å². The minimum absolute atomic E-state index is 0.118. The zero-order valence-electron chi connectivity index (χ0n) is 20.7. The fraction of sp³-hybridized carbons (Fsp3) is 0.963. The number of aliphatic hydroxyl groups is 3. The van der Waals surface area contributed by atoms with Crippen LogP contribution in [-0.4, -0.2) is 46.1 Å². The summed E-state index contributed by atoms with van der Waals surface area (Å²) in [6.07, 6.45) is 7.87. The number of amides is 1. The van der Waals surface area contributed by atoms with Gasteiger partial charge in [-0.2, -0.15) is 0 Å². The van der Waals surface area contributed by atoms with Gasteiger partial charge in [0.25, 0.3) is 0 Å². The van der Waals surface area contributed by atoms with Gasteiger partial charge in [0, 0.05) is 13.0 Å². The van der Waals surface area contributed by atoms with Gasteiger partial charge < -0.3 is 20.6 Å². The number of fused-ring (bicyclic) bond motifs is 5. The summed E-state index contributed by atoms with van der Waals surface area (Å²) >= 11 is 0. The number of carbonyl (C=O) groups excluding carboxylic acids is 1.